The van der Waals surface area contributed by atoms with Crippen molar-refractivity contribution in [2.45, 2.75) is 6.92 Å². The summed E-state index contributed by atoms with van der Waals surface area (Å²) in [7, 11) is 1.58. The molecule has 2 aliphatic rings. The molecule has 0 bridgehead atoms. The molecule has 2 saturated heterocycles. The highest BCUT2D eigenvalue weighted by molar-refractivity contribution is 8.18. The van der Waals surface area contributed by atoms with Crippen molar-refractivity contribution in [2.75, 3.05) is 40.0 Å². The van der Waals surface area contributed by atoms with E-state index in [2.05, 4.69) is 0 Å². The number of thioether (sulfide) groups is 1. The van der Waals surface area contributed by atoms with Gasteiger partial charge in [0.05, 0.1) is 25.2 Å². The standard InChI is InChI=1S/C18H20N2O5S/c1-12-3-4-13(9-14(12)24-2)10-15-17(22)20(18(23)26-15)11-16(21)19-5-7-25-8-6-19/h3-4,9-10H,5-8,11H2,1-2H3/b15-10+. The number of imide groups is 1. The first-order valence-electron chi connectivity index (χ1n) is 8.25. The molecule has 26 heavy (non-hydrogen) atoms. The van der Waals surface area contributed by atoms with Crippen LogP contribution in [-0.4, -0.2) is 66.8 Å². The van der Waals surface area contributed by atoms with Gasteiger partial charge in [-0.3, -0.25) is 19.3 Å². The number of methoxy groups -OCH3 is 1. The molecule has 0 radical (unpaired) electrons. The van der Waals surface area contributed by atoms with Crippen molar-refractivity contribution in [3.63, 3.8) is 0 Å². The van der Waals surface area contributed by atoms with E-state index < -0.39 is 11.1 Å². The van der Waals surface area contributed by atoms with Crippen LogP contribution in [-0.2, 0) is 14.3 Å². The second kappa shape index (κ2) is 7.92. The predicted octanol–water partition coefficient (Wildman–Crippen LogP) is 1.90. The molecule has 2 fully saturated rings. The average Bonchev–Trinajstić information content (AvgIpc) is 2.91. The summed E-state index contributed by atoms with van der Waals surface area (Å²) in [4.78, 5) is 40.0. The first-order valence-corrected chi connectivity index (χ1v) is 9.07. The van der Waals surface area contributed by atoms with E-state index >= 15 is 0 Å². The summed E-state index contributed by atoms with van der Waals surface area (Å²) in [6.07, 6.45) is 1.64. The van der Waals surface area contributed by atoms with Crippen molar-refractivity contribution >= 4 is 34.9 Å². The molecule has 0 aliphatic carbocycles. The second-order valence-corrected chi connectivity index (χ2v) is 6.98. The third kappa shape index (κ3) is 3.91. The number of carbonyl (C=O) groups excluding carboxylic acids is 3. The molecule has 0 spiro atoms. The SMILES string of the molecule is COc1cc(/C=C2/SC(=O)N(CC(=O)N3CCOCC3)C2=O)ccc1C. The number of benzene rings is 1. The number of hydrogen-bond acceptors (Lipinski definition) is 6. The van der Waals surface area contributed by atoms with Crippen LogP contribution in [0.4, 0.5) is 4.79 Å². The number of rotatable bonds is 4. The number of nitrogens with zero attached hydrogens (tertiary/aromatic N) is 2. The maximum Gasteiger partial charge on any atom is 0.294 e. The van der Waals surface area contributed by atoms with E-state index in [4.69, 9.17) is 9.47 Å². The van der Waals surface area contributed by atoms with E-state index in [-0.39, 0.29) is 12.5 Å². The lowest BCUT2D eigenvalue weighted by atomic mass is 10.1. The summed E-state index contributed by atoms with van der Waals surface area (Å²) < 4.78 is 10.5. The van der Waals surface area contributed by atoms with Crippen LogP contribution < -0.4 is 4.74 Å². The van der Waals surface area contributed by atoms with Gasteiger partial charge in [0.2, 0.25) is 5.91 Å². The van der Waals surface area contributed by atoms with E-state index in [1.54, 1.807) is 18.1 Å². The quantitative estimate of drug-likeness (QED) is 0.747. The Morgan fingerprint density at radius 3 is 2.73 bits per heavy atom. The predicted molar refractivity (Wildman–Crippen MR) is 97.8 cm³/mol. The van der Waals surface area contributed by atoms with Crippen molar-refractivity contribution in [2.24, 2.45) is 0 Å². The molecule has 138 valence electrons. The zero-order chi connectivity index (χ0) is 18.7. The van der Waals surface area contributed by atoms with Crippen molar-refractivity contribution in [3.8, 4) is 5.75 Å². The molecule has 2 aliphatic heterocycles. The first-order chi connectivity index (χ1) is 12.5. The summed E-state index contributed by atoms with van der Waals surface area (Å²) in [6, 6.07) is 5.55. The van der Waals surface area contributed by atoms with Gasteiger partial charge in [0.1, 0.15) is 12.3 Å². The van der Waals surface area contributed by atoms with Gasteiger partial charge in [-0.2, -0.15) is 0 Å². The van der Waals surface area contributed by atoms with E-state index in [1.807, 2.05) is 25.1 Å². The van der Waals surface area contributed by atoms with Crippen LogP contribution >= 0.6 is 11.8 Å². The zero-order valence-electron chi connectivity index (χ0n) is 14.7. The Hall–Kier alpha value is -2.32. The summed E-state index contributed by atoms with van der Waals surface area (Å²) in [5.41, 5.74) is 1.74. The fraction of sp³-hybridized carbons (Fsp3) is 0.389. The van der Waals surface area contributed by atoms with Crippen LogP contribution in [0.25, 0.3) is 6.08 Å². The molecule has 8 heteroatoms. The molecule has 0 N–H and O–H groups in total. The van der Waals surface area contributed by atoms with E-state index in [0.29, 0.717) is 37.0 Å². The highest BCUT2D eigenvalue weighted by atomic mass is 32.2. The van der Waals surface area contributed by atoms with Crippen molar-refractivity contribution in [1.29, 1.82) is 0 Å². The Bertz CT molecular complexity index is 771. The lowest BCUT2D eigenvalue weighted by Gasteiger charge is -2.28. The normalized spacial score (nSPS) is 19.4. The van der Waals surface area contributed by atoms with Crippen LogP contribution in [0.5, 0.6) is 5.75 Å². The average molecular weight is 376 g/mol. The molecular weight excluding hydrogens is 356 g/mol. The molecule has 1 aromatic rings. The zero-order valence-corrected chi connectivity index (χ0v) is 15.5. The van der Waals surface area contributed by atoms with Crippen LogP contribution in [0.3, 0.4) is 0 Å². The Morgan fingerprint density at radius 1 is 1.31 bits per heavy atom. The summed E-state index contributed by atoms with van der Waals surface area (Å²) in [6.45, 7) is 3.60. The third-order valence-corrected chi connectivity index (χ3v) is 5.17. The topological polar surface area (TPSA) is 76.2 Å². The van der Waals surface area contributed by atoms with Crippen LogP contribution in [0.15, 0.2) is 23.1 Å². The first kappa shape index (κ1) is 18.5. The maximum absolute atomic E-state index is 12.5. The van der Waals surface area contributed by atoms with E-state index in [0.717, 1.165) is 27.8 Å². The molecule has 3 amide bonds. The fourth-order valence-electron chi connectivity index (χ4n) is 2.76. The minimum absolute atomic E-state index is 0.237. The van der Waals surface area contributed by atoms with Gasteiger partial charge < -0.3 is 14.4 Å². The summed E-state index contributed by atoms with van der Waals surface area (Å²) >= 11 is 0.845. The molecule has 7 nitrogen and oxygen atoms in total. The number of hydrogen-bond donors (Lipinski definition) is 0. The number of ether oxygens (including phenoxy) is 2. The lowest BCUT2D eigenvalue weighted by Crippen LogP contribution is -2.46. The monoisotopic (exact) mass is 376 g/mol. The largest absolute Gasteiger partial charge is 0.496 e. The summed E-state index contributed by atoms with van der Waals surface area (Å²) in [5.74, 6) is 0.0236. The Kier molecular flexibility index (Phi) is 5.63. The molecule has 0 unspecified atom stereocenters. The number of aryl methyl sites for hydroxylation is 1. The molecular formula is C18H20N2O5S. The number of amides is 3. The molecule has 1 aromatic carbocycles. The fourth-order valence-corrected chi connectivity index (χ4v) is 3.60. The maximum atomic E-state index is 12.5. The van der Waals surface area contributed by atoms with Crippen LogP contribution in [0, 0.1) is 6.92 Å². The van der Waals surface area contributed by atoms with Crippen LogP contribution in [0.2, 0.25) is 0 Å². The lowest BCUT2D eigenvalue weighted by molar-refractivity contribution is -0.139. The molecule has 0 saturated carbocycles. The van der Waals surface area contributed by atoms with Gasteiger partial charge in [0, 0.05) is 13.1 Å². The van der Waals surface area contributed by atoms with Crippen molar-refractivity contribution < 1.29 is 23.9 Å². The van der Waals surface area contributed by atoms with Crippen molar-refractivity contribution in [1.82, 2.24) is 9.80 Å². The van der Waals surface area contributed by atoms with Crippen molar-refractivity contribution in [3.05, 3.63) is 34.2 Å². The molecule has 0 aromatic heterocycles. The van der Waals surface area contributed by atoms with Gasteiger partial charge in [-0.15, -0.1) is 0 Å². The minimum atomic E-state index is -0.443. The van der Waals surface area contributed by atoms with Gasteiger partial charge in [0.15, 0.2) is 0 Å². The second-order valence-electron chi connectivity index (χ2n) is 5.99. The highest BCUT2D eigenvalue weighted by Gasteiger charge is 2.37. The van der Waals surface area contributed by atoms with Gasteiger partial charge >= 0.3 is 0 Å². The smallest absolute Gasteiger partial charge is 0.294 e. The minimum Gasteiger partial charge on any atom is -0.496 e. The van der Waals surface area contributed by atoms with E-state index in [9.17, 15) is 14.4 Å². The van der Waals surface area contributed by atoms with Gasteiger partial charge in [-0.1, -0.05) is 12.1 Å². The molecule has 0 atom stereocenters. The van der Waals surface area contributed by atoms with Gasteiger partial charge in [-0.05, 0) is 42.0 Å². The summed E-state index contributed by atoms with van der Waals surface area (Å²) in [5, 5.41) is -0.429. The van der Waals surface area contributed by atoms with Gasteiger partial charge in [0.25, 0.3) is 11.1 Å². The van der Waals surface area contributed by atoms with E-state index in [1.165, 1.54) is 0 Å². The third-order valence-electron chi connectivity index (χ3n) is 4.26. The molecule has 3 rings (SSSR count). The molecule has 2 heterocycles. The Morgan fingerprint density at radius 2 is 2.04 bits per heavy atom. The Labute approximate surface area is 155 Å². The number of morpholine rings is 1. The van der Waals surface area contributed by atoms with Gasteiger partial charge in [-0.25, -0.2) is 0 Å². The number of carbonyl (C=O) groups is 3. The van der Waals surface area contributed by atoms with Crippen LogP contribution in [0.1, 0.15) is 11.1 Å². The Balaban J connectivity index is 1.73. The highest BCUT2D eigenvalue weighted by Crippen LogP contribution is 2.33.